The van der Waals surface area contributed by atoms with Crippen molar-refractivity contribution in [2.75, 3.05) is 30.3 Å². The number of alkyl halides is 3. The van der Waals surface area contributed by atoms with Gasteiger partial charge in [-0.15, -0.1) is 25.6 Å². The van der Waals surface area contributed by atoms with Gasteiger partial charge < -0.3 is 20.7 Å². The molecule has 0 aromatic heterocycles. The molecule has 1 heterocycles. The van der Waals surface area contributed by atoms with Gasteiger partial charge in [0, 0.05) is 24.5 Å². The zero-order valence-electron chi connectivity index (χ0n) is 15.7. The largest absolute Gasteiger partial charge is 0.573 e. The van der Waals surface area contributed by atoms with Gasteiger partial charge in [0.2, 0.25) is 5.91 Å². The number of benzene rings is 2. The highest BCUT2D eigenvalue weighted by Crippen LogP contribution is 2.30. The summed E-state index contributed by atoms with van der Waals surface area (Å²) in [4.78, 5) is 14.3. The Bertz CT molecular complexity index is 829. The van der Waals surface area contributed by atoms with Crippen LogP contribution in [0, 0.1) is 0 Å². The second-order valence-corrected chi connectivity index (χ2v) is 6.66. The number of nitrogen functional groups attached to an aromatic ring is 1. The molecule has 0 aliphatic carbocycles. The van der Waals surface area contributed by atoms with E-state index < -0.39 is 6.36 Å². The van der Waals surface area contributed by atoms with Crippen molar-refractivity contribution in [1.82, 2.24) is 5.32 Å². The van der Waals surface area contributed by atoms with Crippen molar-refractivity contribution in [2.24, 2.45) is 0 Å². The monoisotopic (exact) mass is 429 g/mol. The van der Waals surface area contributed by atoms with Gasteiger partial charge in [-0.2, -0.15) is 0 Å². The average Bonchev–Trinajstić information content (AvgIpc) is 2.63. The summed E-state index contributed by atoms with van der Waals surface area (Å²) in [5, 5.41) is 2.85. The number of anilines is 2. The van der Waals surface area contributed by atoms with Crippen LogP contribution in [0.15, 0.2) is 42.5 Å². The minimum absolute atomic E-state index is 0. The highest BCUT2D eigenvalue weighted by atomic mass is 35.5. The standard InChI is InChI=1S/C20H22F3N3O2.ClH/c21-20(22,23)28-15-8-6-14(7-9-15)10-11-25-19(27)13-26-12-2-3-16-17(24)4-1-5-18(16)26;/h1,4-9H,2-3,10-13,24H2,(H,25,27);1H. The van der Waals surface area contributed by atoms with Crippen molar-refractivity contribution in [2.45, 2.75) is 25.6 Å². The summed E-state index contributed by atoms with van der Waals surface area (Å²) < 4.78 is 40.3. The summed E-state index contributed by atoms with van der Waals surface area (Å²) in [5.74, 6) is -0.365. The van der Waals surface area contributed by atoms with E-state index in [1.807, 2.05) is 23.1 Å². The molecule has 0 radical (unpaired) electrons. The van der Waals surface area contributed by atoms with E-state index in [1.165, 1.54) is 12.1 Å². The van der Waals surface area contributed by atoms with Gasteiger partial charge in [0.1, 0.15) is 5.75 Å². The van der Waals surface area contributed by atoms with Crippen LogP contribution in [0.5, 0.6) is 5.75 Å². The molecule has 2 aromatic carbocycles. The molecule has 5 nitrogen and oxygen atoms in total. The molecule has 1 aliphatic heterocycles. The van der Waals surface area contributed by atoms with Gasteiger partial charge in [-0.25, -0.2) is 0 Å². The molecule has 3 N–H and O–H groups in total. The normalized spacial score (nSPS) is 13.3. The lowest BCUT2D eigenvalue weighted by atomic mass is 10.00. The van der Waals surface area contributed by atoms with E-state index in [4.69, 9.17) is 5.73 Å². The predicted molar refractivity (Wildman–Crippen MR) is 108 cm³/mol. The predicted octanol–water partition coefficient (Wildman–Crippen LogP) is 3.70. The molecule has 0 atom stereocenters. The van der Waals surface area contributed by atoms with E-state index in [-0.39, 0.29) is 30.6 Å². The summed E-state index contributed by atoms with van der Waals surface area (Å²) in [6.07, 6.45) is -2.33. The number of nitrogens with zero attached hydrogens (tertiary/aromatic N) is 1. The summed E-state index contributed by atoms with van der Waals surface area (Å²) in [5.41, 5.74) is 9.67. The highest BCUT2D eigenvalue weighted by Gasteiger charge is 2.30. The van der Waals surface area contributed by atoms with Crippen molar-refractivity contribution in [3.05, 3.63) is 53.6 Å². The smallest absolute Gasteiger partial charge is 0.406 e. The third kappa shape index (κ3) is 6.45. The molecular formula is C20H23ClF3N3O2. The Balaban J connectivity index is 0.00000300. The van der Waals surface area contributed by atoms with Gasteiger partial charge in [-0.3, -0.25) is 4.79 Å². The topological polar surface area (TPSA) is 67.6 Å². The zero-order chi connectivity index (χ0) is 20.1. The van der Waals surface area contributed by atoms with Crippen LogP contribution in [0.25, 0.3) is 0 Å². The maximum Gasteiger partial charge on any atom is 0.573 e. The Morgan fingerprint density at radius 3 is 2.59 bits per heavy atom. The van der Waals surface area contributed by atoms with Crippen LogP contribution in [0.4, 0.5) is 24.5 Å². The van der Waals surface area contributed by atoms with Crippen molar-refractivity contribution < 1.29 is 22.7 Å². The Kier molecular flexibility index (Phi) is 7.61. The van der Waals surface area contributed by atoms with Crippen LogP contribution in [-0.2, 0) is 17.6 Å². The van der Waals surface area contributed by atoms with Gasteiger partial charge in [-0.05, 0) is 54.7 Å². The van der Waals surface area contributed by atoms with Crippen LogP contribution in [-0.4, -0.2) is 31.9 Å². The molecule has 158 valence electrons. The van der Waals surface area contributed by atoms with Crippen LogP contribution in [0.1, 0.15) is 17.5 Å². The summed E-state index contributed by atoms with van der Waals surface area (Å²) in [6, 6.07) is 11.4. The molecule has 0 spiro atoms. The molecule has 0 saturated carbocycles. The fourth-order valence-electron chi connectivity index (χ4n) is 3.33. The van der Waals surface area contributed by atoms with Crippen LogP contribution >= 0.6 is 12.4 Å². The average molecular weight is 430 g/mol. The number of halogens is 4. The number of hydrogen-bond donors (Lipinski definition) is 2. The van der Waals surface area contributed by atoms with Gasteiger partial charge in [0.25, 0.3) is 0 Å². The first-order chi connectivity index (χ1) is 13.3. The van der Waals surface area contributed by atoms with Gasteiger partial charge in [0.05, 0.1) is 6.54 Å². The maximum absolute atomic E-state index is 12.3. The summed E-state index contributed by atoms with van der Waals surface area (Å²) in [6.45, 7) is 1.44. The van der Waals surface area contributed by atoms with Gasteiger partial charge >= 0.3 is 6.36 Å². The number of carbonyl (C=O) groups excluding carboxylic acids is 1. The molecule has 0 fully saturated rings. The molecule has 1 amide bonds. The molecule has 29 heavy (non-hydrogen) atoms. The van der Waals surface area contributed by atoms with E-state index in [2.05, 4.69) is 10.1 Å². The Morgan fingerprint density at radius 1 is 1.17 bits per heavy atom. The molecule has 9 heteroatoms. The third-order valence-corrected chi connectivity index (χ3v) is 4.61. The first-order valence-electron chi connectivity index (χ1n) is 9.05. The Morgan fingerprint density at radius 2 is 1.90 bits per heavy atom. The summed E-state index contributed by atoms with van der Waals surface area (Å²) >= 11 is 0. The quantitative estimate of drug-likeness (QED) is 0.687. The highest BCUT2D eigenvalue weighted by molar-refractivity contribution is 5.85. The number of fused-ring (bicyclic) bond motifs is 1. The number of rotatable bonds is 6. The van der Waals surface area contributed by atoms with Crippen LogP contribution in [0.2, 0.25) is 0 Å². The Labute approximate surface area is 173 Å². The SMILES string of the molecule is Cl.Nc1cccc2c1CCCN2CC(=O)NCCc1ccc(OC(F)(F)F)cc1. The lowest BCUT2D eigenvalue weighted by molar-refractivity contribution is -0.274. The summed E-state index contributed by atoms with van der Waals surface area (Å²) in [7, 11) is 0. The number of amides is 1. The van der Waals surface area contributed by atoms with E-state index in [1.54, 1.807) is 12.1 Å². The fourth-order valence-corrected chi connectivity index (χ4v) is 3.33. The molecule has 0 bridgehead atoms. The zero-order valence-corrected chi connectivity index (χ0v) is 16.5. The van der Waals surface area contributed by atoms with Crippen LogP contribution < -0.4 is 20.7 Å². The van der Waals surface area contributed by atoms with E-state index >= 15 is 0 Å². The molecule has 0 unspecified atom stereocenters. The number of hydrogen-bond acceptors (Lipinski definition) is 4. The van der Waals surface area contributed by atoms with Crippen molar-refractivity contribution in [3.63, 3.8) is 0 Å². The number of nitrogens with one attached hydrogen (secondary N) is 1. The number of carbonyl (C=O) groups is 1. The first-order valence-corrected chi connectivity index (χ1v) is 9.05. The number of nitrogens with two attached hydrogens (primary N) is 1. The van der Waals surface area contributed by atoms with E-state index in [0.717, 1.165) is 41.9 Å². The number of ether oxygens (including phenoxy) is 1. The second kappa shape index (κ2) is 9.73. The van der Waals surface area contributed by atoms with Crippen LogP contribution in [0.3, 0.4) is 0 Å². The molecular weight excluding hydrogens is 407 g/mol. The lowest BCUT2D eigenvalue weighted by Crippen LogP contribution is -2.40. The maximum atomic E-state index is 12.3. The fraction of sp³-hybridized carbons (Fsp3) is 0.350. The van der Waals surface area contributed by atoms with Gasteiger partial charge in [-0.1, -0.05) is 18.2 Å². The lowest BCUT2D eigenvalue weighted by Gasteiger charge is -2.31. The molecule has 0 saturated heterocycles. The third-order valence-electron chi connectivity index (χ3n) is 4.61. The van der Waals surface area contributed by atoms with Crippen molar-refractivity contribution in [1.29, 1.82) is 0 Å². The van der Waals surface area contributed by atoms with E-state index in [9.17, 15) is 18.0 Å². The molecule has 3 rings (SSSR count). The minimum Gasteiger partial charge on any atom is -0.406 e. The van der Waals surface area contributed by atoms with E-state index in [0.29, 0.717) is 13.0 Å². The van der Waals surface area contributed by atoms with Crippen molar-refractivity contribution >= 4 is 29.7 Å². The first kappa shape index (κ1) is 22.7. The second-order valence-electron chi connectivity index (χ2n) is 6.66. The van der Waals surface area contributed by atoms with Gasteiger partial charge in [0.15, 0.2) is 0 Å². The Hall–Kier alpha value is -2.61. The van der Waals surface area contributed by atoms with Crippen molar-refractivity contribution in [3.8, 4) is 5.75 Å². The molecule has 1 aliphatic rings. The molecule has 2 aromatic rings. The minimum atomic E-state index is -4.70.